The fourth-order valence-corrected chi connectivity index (χ4v) is 2.22. The van der Waals surface area contributed by atoms with Crippen LogP contribution in [-0.4, -0.2) is 12.0 Å². The van der Waals surface area contributed by atoms with Crippen LogP contribution >= 0.6 is 0 Å². The molecule has 4 heteroatoms. The van der Waals surface area contributed by atoms with Crippen molar-refractivity contribution in [1.82, 2.24) is 0 Å². The number of alkyl halides is 3. The molecule has 116 valence electrons. The smallest absolute Gasteiger partial charge is 0.284 e. The molecular weight excluding hydrogens is 289 g/mol. The van der Waals surface area contributed by atoms with Crippen LogP contribution in [0.25, 0.3) is 11.1 Å². The zero-order chi connectivity index (χ0) is 16.2. The molecule has 0 radical (unpaired) electrons. The zero-order valence-corrected chi connectivity index (χ0v) is 12.3. The van der Waals surface area contributed by atoms with Gasteiger partial charge in [0, 0.05) is 5.56 Å². The summed E-state index contributed by atoms with van der Waals surface area (Å²) in [5, 5.41) is 0. The molecule has 2 aromatic rings. The Balaban J connectivity index is 2.15. The highest BCUT2D eigenvalue weighted by molar-refractivity contribution is 6.00. The molecule has 1 nitrogen and oxygen atoms in total. The van der Waals surface area contributed by atoms with Gasteiger partial charge in [-0.2, -0.15) is 13.2 Å². The monoisotopic (exact) mass is 306 g/mol. The van der Waals surface area contributed by atoms with E-state index in [1.807, 2.05) is 24.3 Å². The molecule has 0 fully saturated rings. The summed E-state index contributed by atoms with van der Waals surface area (Å²) in [6.07, 6.45) is -1.54. The third kappa shape index (κ3) is 3.97. The Morgan fingerprint density at radius 2 is 1.41 bits per heavy atom. The van der Waals surface area contributed by atoms with Gasteiger partial charge >= 0.3 is 6.18 Å². The largest absolute Gasteiger partial charge is 0.454 e. The number of aryl methyl sites for hydroxylation is 1. The van der Waals surface area contributed by atoms with Gasteiger partial charge in [-0.15, -0.1) is 0 Å². The lowest BCUT2D eigenvalue weighted by Gasteiger charge is -2.07. The topological polar surface area (TPSA) is 17.1 Å². The van der Waals surface area contributed by atoms with E-state index in [2.05, 4.69) is 6.92 Å². The highest BCUT2D eigenvalue weighted by atomic mass is 19.4. The van der Waals surface area contributed by atoms with Gasteiger partial charge in [-0.3, -0.25) is 4.79 Å². The van der Waals surface area contributed by atoms with E-state index in [1.165, 1.54) is 17.7 Å². The first-order valence-corrected chi connectivity index (χ1v) is 7.22. The Morgan fingerprint density at radius 1 is 0.909 bits per heavy atom. The van der Waals surface area contributed by atoms with Crippen molar-refractivity contribution >= 4 is 5.78 Å². The van der Waals surface area contributed by atoms with E-state index in [9.17, 15) is 18.0 Å². The number of hydrogen-bond donors (Lipinski definition) is 0. The highest BCUT2D eigenvalue weighted by Crippen LogP contribution is 2.25. The van der Waals surface area contributed by atoms with Crippen LogP contribution < -0.4 is 0 Å². The molecule has 0 spiro atoms. The SMILES string of the molecule is CCCCc1ccc(-c2ccc(C(=O)C(F)(F)F)cc2)cc1. The van der Waals surface area contributed by atoms with Crippen LogP contribution in [0.5, 0.6) is 0 Å². The summed E-state index contributed by atoms with van der Waals surface area (Å²) >= 11 is 0. The van der Waals surface area contributed by atoms with Crippen molar-refractivity contribution < 1.29 is 18.0 Å². The summed E-state index contributed by atoms with van der Waals surface area (Å²) in [6.45, 7) is 2.14. The summed E-state index contributed by atoms with van der Waals surface area (Å²) in [4.78, 5) is 11.1. The van der Waals surface area contributed by atoms with Gasteiger partial charge in [0.2, 0.25) is 0 Å². The summed E-state index contributed by atoms with van der Waals surface area (Å²) in [6, 6.07) is 13.5. The molecule has 2 rings (SSSR count). The molecule has 0 N–H and O–H groups in total. The van der Waals surface area contributed by atoms with Gasteiger partial charge in [-0.1, -0.05) is 61.9 Å². The van der Waals surface area contributed by atoms with Crippen LogP contribution in [0.2, 0.25) is 0 Å². The second-order valence-corrected chi connectivity index (χ2v) is 5.20. The second-order valence-electron chi connectivity index (χ2n) is 5.20. The van der Waals surface area contributed by atoms with E-state index in [-0.39, 0.29) is 5.56 Å². The van der Waals surface area contributed by atoms with E-state index in [1.54, 1.807) is 12.1 Å². The molecule has 0 amide bonds. The van der Waals surface area contributed by atoms with E-state index in [0.29, 0.717) is 0 Å². The fourth-order valence-electron chi connectivity index (χ4n) is 2.22. The molecule has 0 saturated heterocycles. The minimum absolute atomic E-state index is 0.337. The Morgan fingerprint density at radius 3 is 1.86 bits per heavy atom. The van der Waals surface area contributed by atoms with Gasteiger partial charge in [0.15, 0.2) is 0 Å². The molecule has 0 aromatic heterocycles. The Kier molecular flexibility index (Phi) is 5.01. The lowest BCUT2D eigenvalue weighted by Crippen LogP contribution is -2.22. The first-order chi connectivity index (χ1) is 10.4. The van der Waals surface area contributed by atoms with Crippen LogP contribution in [0.4, 0.5) is 13.2 Å². The van der Waals surface area contributed by atoms with Gasteiger partial charge < -0.3 is 0 Å². The molecule has 0 aliphatic rings. The van der Waals surface area contributed by atoms with Crippen molar-refractivity contribution in [2.75, 3.05) is 0 Å². The minimum atomic E-state index is -4.83. The summed E-state index contributed by atoms with van der Waals surface area (Å²) < 4.78 is 37.1. The van der Waals surface area contributed by atoms with Crippen LogP contribution in [0.1, 0.15) is 35.7 Å². The average Bonchev–Trinajstić information content (AvgIpc) is 2.52. The van der Waals surface area contributed by atoms with Crippen molar-refractivity contribution in [3.8, 4) is 11.1 Å². The molecular formula is C18H17F3O. The number of rotatable bonds is 5. The fraction of sp³-hybridized carbons (Fsp3) is 0.278. The van der Waals surface area contributed by atoms with Crippen LogP contribution in [0, 0.1) is 0 Å². The number of ketones is 1. The van der Waals surface area contributed by atoms with Gasteiger partial charge in [-0.05, 0) is 29.5 Å². The van der Waals surface area contributed by atoms with Crippen molar-refractivity contribution in [1.29, 1.82) is 0 Å². The zero-order valence-electron chi connectivity index (χ0n) is 12.3. The number of halogens is 3. The maximum absolute atomic E-state index is 12.4. The number of Topliss-reactive ketones (excluding diaryl/α,β-unsaturated/α-hetero) is 1. The van der Waals surface area contributed by atoms with Gasteiger partial charge in [0.1, 0.15) is 0 Å². The Labute approximate surface area is 127 Å². The Hall–Kier alpha value is -2.10. The van der Waals surface area contributed by atoms with Gasteiger partial charge in [0.25, 0.3) is 5.78 Å². The third-order valence-corrected chi connectivity index (χ3v) is 3.51. The number of carbonyl (C=O) groups is 1. The molecule has 0 bridgehead atoms. The van der Waals surface area contributed by atoms with Crippen LogP contribution in [0.3, 0.4) is 0 Å². The number of hydrogen-bond acceptors (Lipinski definition) is 1. The lowest BCUT2D eigenvalue weighted by molar-refractivity contribution is -0.0885. The van der Waals surface area contributed by atoms with Crippen LogP contribution in [0.15, 0.2) is 48.5 Å². The Bertz CT molecular complexity index is 625. The molecule has 22 heavy (non-hydrogen) atoms. The first-order valence-electron chi connectivity index (χ1n) is 7.22. The molecule has 2 aromatic carbocycles. The van der Waals surface area contributed by atoms with Crippen molar-refractivity contribution in [2.45, 2.75) is 32.4 Å². The predicted octanol–water partition coefficient (Wildman–Crippen LogP) is 5.44. The molecule has 0 atom stereocenters. The quantitative estimate of drug-likeness (QED) is 0.672. The molecule has 0 aliphatic heterocycles. The van der Waals surface area contributed by atoms with Gasteiger partial charge in [0.05, 0.1) is 0 Å². The maximum Gasteiger partial charge on any atom is 0.454 e. The molecule has 0 unspecified atom stereocenters. The summed E-state index contributed by atoms with van der Waals surface area (Å²) in [5.74, 6) is -1.81. The summed E-state index contributed by atoms with van der Waals surface area (Å²) in [5.41, 5.74) is 2.62. The molecule has 0 aliphatic carbocycles. The predicted molar refractivity (Wildman–Crippen MR) is 80.9 cm³/mol. The van der Waals surface area contributed by atoms with Crippen molar-refractivity contribution in [2.24, 2.45) is 0 Å². The van der Waals surface area contributed by atoms with E-state index >= 15 is 0 Å². The summed E-state index contributed by atoms with van der Waals surface area (Å²) in [7, 11) is 0. The standard InChI is InChI=1S/C18H17F3O/c1-2-3-4-13-5-7-14(8-6-13)15-9-11-16(12-10-15)17(22)18(19,20)21/h5-12H,2-4H2,1H3. The highest BCUT2D eigenvalue weighted by Gasteiger charge is 2.39. The molecule has 0 saturated carbocycles. The number of unbranched alkanes of at least 4 members (excludes halogenated alkanes) is 1. The third-order valence-electron chi connectivity index (χ3n) is 3.51. The first kappa shape index (κ1) is 16.3. The normalized spacial score (nSPS) is 11.5. The van der Waals surface area contributed by atoms with E-state index in [4.69, 9.17) is 0 Å². The number of benzene rings is 2. The van der Waals surface area contributed by atoms with E-state index < -0.39 is 12.0 Å². The number of carbonyl (C=O) groups excluding carboxylic acids is 1. The lowest BCUT2D eigenvalue weighted by atomic mass is 10.00. The molecule has 0 heterocycles. The average molecular weight is 306 g/mol. The van der Waals surface area contributed by atoms with Gasteiger partial charge in [-0.25, -0.2) is 0 Å². The second kappa shape index (κ2) is 6.77. The van der Waals surface area contributed by atoms with Crippen molar-refractivity contribution in [3.05, 3.63) is 59.7 Å². The van der Waals surface area contributed by atoms with Crippen LogP contribution in [-0.2, 0) is 6.42 Å². The van der Waals surface area contributed by atoms with Crippen molar-refractivity contribution in [3.63, 3.8) is 0 Å². The van der Waals surface area contributed by atoms with E-state index in [0.717, 1.165) is 30.4 Å². The minimum Gasteiger partial charge on any atom is -0.284 e. The maximum atomic E-state index is 12.4.